The van der Waals surface area contributed by atoms with Crippen LogP contribution < -0.4 is 5.32 Å². The van der Waals surface area contributed by atoms with Gasteiger partial charge in [-0.25, -0.2) is 4.98 Å². The quantitative estimate of drug-likeness (QED) is 0.758. The lowest BCUT2D eigenvalue weighted by molar-refractivity contribution is 0.159. The lowest BCUT2D eigenvalue weighted by Crippen LogP contribution is -2.21. The van der Waals surface area contributed by atoms with Crippen LogP contribution in [0, 0.1) is 0 Å². The maximum atomic E-state index is 5.04. The van der Waals surface area contributed by atoms with Crippen LogP contribution >= 0.6 is 11.3 Å². The van der Waals surface area contributed by atoms with Gasteiger partial charge in [0.25, 0.3) is 0 Å². The minimum absolute atomic E-state index is 0.774. The number of ether oxygens (including phenoxy) is 1. The molecule has 0 spiro atoms. The van der Waals surface area contributed by atoms with Crippen LogP contribution in [0.25, 0.3) is 0 Å². The van der Waals surface area contributed by atoms with E-state index in [9.17, 15) is 0 Å². The first-order chi connectivity index (χ1) is 7.76. The molecule has 0 atom stereocenters. The Kier molecular flexibility index (Phi) is 6.37. The molecule has 1 rings (SSSR count). The summed E-state index contributed by atoms with van der Waals surface area (Å²) in [7, 11) is 3.82. The normalized spacial score (nSPS) is 11.0. The topological polar surface area (TPSA) is 37.4 Å². The highest BCUT2D eigenvalue weighted by Gasteiger charge is 2.04. The number of rotatable bonds is 8. The van der Waals surface area contributed by atoms with Crippen molar-refractivity contribution in [3.63, 3.8) is 0 Å². The standard InChI is InChI=1S/C11H21N3OS/c1-4-5-12-11-13-8-10(16-11)9-14(2)6-7-15-3/h8H,4-7,9H2,1-3H3,(H,12,13). The summed E-state index contributed by atoms with van der Waals surface area (Å²) in [5.74, 6) is 0. The molecule has 5 heteroatoms. The number of aromatic nitrogens is 1. The van der Waals surface area contributed by atoms with Crippen LogP contribution in [0.5, 0.6) is 0 Å². The van der Waals surface area contributed by atoms with Gasteiger partial charge in [-0.15, -0.1) is 11.3 Å². The fourth-order valence-electron chi connectivity index (χ4n) is 1.29. The third-order valence-electron chi connectivity index (χ3n) is 2.18. The number of anilines is 1. The molecule has 0 aromatic carbocycles. The van der Waals surface area contributed by atoms with Gasteiger partial charge < -0.3 is 10.1 Å². The Morgan fingerprint density at radius 2 is 2.38 bits per heavy atom. The molecule has 4 nitrogen and oxygen atoms in total. The summed E-state index contributed by atoms with van der Waals surface area (Å²) in [6.07, 6.45) is 3.08. The van der Waals surface area contributed by atoms with Gasteiger partial charge >= 0.3 is 0 Å². The van der Waals surface area contributed by atoms with E-state index in [1.54, 1.807) is 18.4 Å². The van der Waals surface area contributed by atoms with Crippen molar-refractivity contribution in [1.82, 2.24) is 9.88 Å². The van der Waals surface area contributed by atoms with Crippen LogP contribution in [-0.4, -0.2) is 43.7 Å². The van der Waals surface area contributed by atoms with Gasteiger partial charge in [0, 0.05) is 37.8 Å². The van der Waals surface area contributed by atoms with E-state index < -0.39 is 0 Å². The largest absolute Gasteiger partial charge is 0.383 e. The number of nitrogens with one attached hydrogen (secondary N) is 1. The molecule has 0 saturated heterocycles. The Morgan fingerprint density at radius 3 is 3.06 bits per heavy atom. The maximum absolute atomic E-state index is 5.04. The molecule has 0 amide bonds. The van der Waals surface area contributed by atoms with E-state index in [1.807, 2.05) is 6.20 Å². The van der Waals surface area contributed by atoms with Crippen LogP contribution in [0.2, 0.25) is 0 Å². The average molecular weight is 243 g/mol. The van der Waals surface area contributed by atoms with Crippen molar-refractivity contribution in [3.05, 3.63) is 11.1 Å². The van der Waals surface area contributed by atoms with Crippen molar-refractivity contribution in [2.75, 3.05) is 39.2 Å². The van der Waals surface area contributed by atoms with Crippen molar-refractivity contribution in [2.45, 2.75) is 19.9 Å². The first-order valence-electron chi connectivity index (χ1n) is 5.62. The Bertz CT molecular complexity index is 291. The highest BCUT2D eigenvalue weighted by Crippen LogP contribution is 2.19. The predicted molar refractivity (Wildman–Crippen MR) is 69.1 cm³/mol. The zero-order valence-electron chi connectivity index (χ0n) is 10.3. The minimum atomic E-state index is 0.774. The number of thiazole rings is 1. The maximum Gasteiger partial charge on any atom is 0.182 e. The van der Waals surface area contributed by atoms with Gasteiger partial charge in [0.1, 0.15) is 0 Å². The van der Waals surface area contributed by atoms with Crippen LogP contribution in [0.15, 0.2) is 6.20 Å². The Balaban J connectivity index is 2.33. The second-order valence-electron chi connectivity index (χ2n) is 3.79. The molecule has 0 radical (unpaired) electrons. The zero-order chi connectivity index (χ0) is 11.8. The fourth-order valence-corrected chi connectivity index (χ4v) is 2.20. The third kappa shape index (κ3) is 4.92. The molecule has 0 saturated carbocycles. The average Bonchev–Trinajstić information content (AvgIpc) is 2.71. The van der Waals surface area contributed by atoms with Crippen LogP contribution in [-0.2, 0) is 11.3 Å². The Morgan fingerprint density at radius 1 is 1.56 bits per heavy atom. The first-order valence-corrected chi connectivity index (χ1v) is 6.44. The molecule has 1 N–H and O–H groups in total. The van der Waals surface area contributed by atoms with Crippen molar-refractivity contribution < 1.29 is 4.74 Å². The molecular formula is C11H21N3OS. The van der Waals surface area contributed by atoms with Crippen LogP contribution in [0.3, 0.4) is 0 Å². The lowest BCUT2D eigenvalue weighted by atomic mass is 10.5. The van der Waals surface area contributed by atoms with Crippen molar-refractivity contribution in [3.8, 4) is 0 Å². The van der Waals surface area contributed by atoms with Gasteiger partial charge in [-0.1, -0.05) is 6.92 Å². The van der Waals surface area contributed by atoms with Gasteiger partial charge in [-0.05, 0) is 13.5 Å². The molecule has 0 aliphatic rings. The van der Waals surface area contributed by atoms with Crippen LogP contribution in [0.4, 0.5) is 5.13 Å². The molecule has 0 aliphatic carbocycles. The molecular weight excluding hydrogens is 222 g/mol. The number of methoxy groups -OCH3 is 1. The van der Waals surface area contributed by atoms with Gasteiger partial charge in [0.15, 0.2) is 5.13 Å². The van der Waals surface area contributed by atoms with Gasteiger partial charge in [0.2, 0.25) is 0 Å². The summed E-state index contributed by atoms with van der Waals surface area (Å²) in [6.45, 7) is 5.81. The summed E-state index contributed by atoms with van der Waals surface area (Å²) in [5, 5.41) is 4.32. The zero-order valence-corrected chi connectivity index (χ0v) is 11.1. The Hall–Kier alpha value is -0.650. The third-order valence-corrected chi connectivity index (χ3v) is 3.12. The van der Waals surface area contributed by atoms with E-state index >= 15 is 0 Å². The summed E-state index contributed by atoms with van der Waals surface area (Å²) in [4.78, 5) is 7.86. The number of nitrogens with zero attached hydrogens (tertiary/aromatic N) is 2. The molecule has 0 fully saturated rings. The van der Waals surface area contributed by atoms with Crippen molar-refractivity contribution in [1.29, 1.82) is 0 Å². The number of hydrogen-bond acceptors (Lipinski definition) is 5. The summed E-state index contributed by atoms with van der Waals surface area (Å²) in [5.41, 5.74) is 0. The Labute approximate surface area is 102 Å². The van der Waals surface area contributed by atoms with Gasteiger partial charge in [-0.3, -0.25) is 4.90 Å². The summed E-state index contributed by atoms with van der Waals surface area (Å²) >= 11 is 1.73. The van der Waals surface area contributed by atoms with Gasteiger partial charge in [0.05, 0.1) is 6.61 Å². The van der Waals surface area contributed by atoms with Crippen molar-refractivity contribution >= 4 is 16.5 Å². The van der Waals surface area contributed by atoms with Gasteiger partial charge in [-0.2, -0.15) is 0 Å². The van der Waals surface area contributed by atoms with E-state index in [0.717, 1.165) is 37.8 Å². The summed E-state index contributed by atoms with van der Waals surface area (Å²) in [6, 6.07) is 0. The molecule has 0 unspecified atom stereocenters. The SMILES string of the molecule is CCCNc1ncc(CN(C)CCOC)s1. The van der Waals surface area contributed by atoms with E-state index in [4.69, 9.17) is 4.74 Å². The molecule has 0 bridgehead atoms. The van der Waals surface area contributed by atoms with Crippen LogP contribution in [0.1, 0.15) is 18.2 Å². The number of hydrogen-bond donors (Lipinski definition) is 1. The first kappa shape index (κ1) is 13.4. The smallest absolute Gasteiger partial charge is 0.182 e. The molecule has 92 valence electrons. The van der Waals surface area contributed by atoms with Crippen molar-refractivity contribution in [2.24, 2.45) is 0 Å². The molecule has 1 heterocycles. The molecule has 16 heavy (non-hydrogen) atoms. The number of likely N-dealkylation sites (N-methyl/N-ethyl adjacent to an activating group) is 1. The molecule has 1 aromatic rings. The predicted octanol–water partition coefficient (Wildman–Crippen LogP) is 2.04. The highest BCUT2D eigenvalue weighted by molar-refractivity contribution is 7.15. The highest BCUT2D eigenvalue weighted by atomic mass is 32.1. The molecule has 1 aromatic heterocycles. The lowest BCUT2D eigenvalue weighted by Gasteiger charge is -2.13. The van der Waals surface area contributed by atoms with E-state index in [-0.39, 0.29) is 0 Å². The van der Waals surface area contributed by atoms with E-state index in [1.165, 1.54) is 4.88 Å². The second-order valence-corrected chi connectivity index (χ2v) is 4.90. The van der Waals surface area contributed by atoms with E-state index in [2.05, 4.69) is 29.2 Å². The minimum Gasteiger partial charge on any atom is -0.383 e. The fraction of sp³-hybridized carbons (Fsp3) is 0.727. The second kappa shape index (κ2) is 7.60. The van der Waals surface area contributed by atoms with E-state index in [0.29, 0.717) is 0 Å². The summed E-state index contributed by atoms with van der Waals surface area (Å²) < 4.78 is 5.04. The monoisotopic (exact) mass is 243 g/mol. The molecule has 0 aliphatic heterocycles.